The molecule has 0 radical (unpaired) electrons. The van der Waals surface area contributed by atoms with Gasteiger partial charge < -0.3 is 14.8 Å². The Morgan fingerprint density at radius 2 is 2.20 bits per heavy atom. The SMILES string of the molecule is CNc1csc(-c2cc3cc(Br)ccc3o2)c1C(=O)O. The van der Waals surface area contributed by atoms with E-state index in [1.165, 1.54) is 11.3 Å². The second kappa shape index (κ2) is 4.96. The summed E-state index contributed by atoms with van der Waals surface area (Å²) >= 11 is 4.76. The first-order valence-electron chi connectivity index (χ1n) is 5.82. The topological polar surface area (TPSA) is 62.5 Å². The number of hydrogen-bond donors (Lipinski definition) is 2. The number of furan rings is 1. The van der Waals surface area contributed by atoms with Gasteiger partial charge in [-0.25, -0.2) is 4.79 Å². The van der Waals surface area contributed by atoms with E-state index in [2.05, 4.69) is 21.2 Å². The summed E-state index contributed by atoms with van der Waals surface area (Å²) in [6.07, 6.45) is 0. The van der Waals surface area contributed by atoms with Crippen LogP contribution in [0.15, 0.2) is 38.5 Å². The van der Waals surface area contributed by atoms with Gasteiger partial charge >= 0.3 is 5.97 Å². The second-order valence-corrected chi connectivity index (χ2v) is 6.00. The van der Waals surface area contributed by atoms with Gasteiger partial charge in [0.25, 0.3) is 0 Å². The Morgan fingerprint density at radius 1 is 1.40 bits per heavy atom. The van der Waals surface area contributed by atoms with E-state index in [1.807, 2.05) is 24.3 Å². The maximum absolute atomic E-state index is 11.4. The average Bonchev–Trinajstić information content (AvgIpc) is 3.00. The minimum atomic E-state index is -0.966. The number of halogens is 1. The molecule has 20 heavy (non-hydrogen) atoms. The minimum Gasteiger partial charge on any atom is -0.478 e. The molecule has 0 aliphatic carbocycles. The number of nitrogens with one attached hydrogen (secondary N) is 1. The summed E-state index contributed by atoms with van der Waals surface area (Å²) in [7, 11) is 1.70. The molecule has 0 saturated carbocycles. The Balaban J connectivity index is 2.20. The van der Waals surface area contributed by atoms with Crippen molar-refractivity contribution in [2.75, 3.05) is 12.4 Å². The zero-order chi connectivity index (χ0) is 14.3. The molecule has 102 valence electrons. The number of carboxylic acids is 1. The molecule has 0 atom stereocenters. The van der Waals surface area contributed by atoms with Crippen LogP contribution in [-0.4, -0.2) is 18.1 Å². The van der Waals surface area contributed by atoms with E-state index < -0.39 is 5.97 Å². The molecule has 3 rings (SSSR count). The van der Waals surface area contributed by atoms with Crippen LogP contribution < -0.4 is 5.32 Å². The van der Waals surface area contributed by atoms with Gasteiger partial charge in [-0.1, -0.05) is 15.9 Å². The minimum absolute atomic E-state index is 0.246. The van der Waals surface area contributed by atoms with Crippen molar-refractivity contribution >= 4 is 49.9 Å². The third-order valence-electron chi connectivity index (χ3n) is 2.98. The van der Waals surface area contributed by atoms with Crippen LogP contribution in [0.5, 0.6) is 0 Å². The van der Waals surface area contributed by atoms with Gasteiger partial charge in [-0.3, -0.25) is 0 Å². The highest BCUT2D eigenvalue weighted by Gasteiger charge is 2.21. The third kappa shape index (κ3) is 2.10. The summed E-state index contributed by atoms with van der Waals surface area (Å²) in [5.41, 5.74) is 1.58. The van der Waals surface area contributed by atoms with Crippen molar-refractivity contribution in [1.29, 1.82) is 0 Å². The van der Waals surface area contributed by atoms with Gasteiger partial charge in [0.1, 0.15) is 16.9 Å². The van der Waals surface area contributed by atoms with E-state index >= 15 is 0 Å². The van der Waals surface area contributed by atoms with E-state index in [1.54, 1.807) is 12.4 Å². The lowest BCUT2D eigenvalue weighted by molar-refractivity contribution is 0.0699. The molecule has 0 bridgehead atoms. The Bertz CT molecular complexity index is 806. The molecule has 0 unspecified atom stereocenters. The number of aromatic carboxylic acids is 1. The summed E-state index contributed by atoms with van der Waals surface area (Å²) in [5.74, 6) is -0.394. The van der Waals surface area contributed by atoms with Gasteiger partial charge in [0.2, 0.25) is 0 Å². The van der Waals surface area contributed by atoms with Crippen molar-refractivity contribution < 1.29 is 14.3 Å². The molecular weight excluding hydrogens is 342 g/mol. The maximum Gasteiger partial charge on any atom is 0.339 e. The number of rotatable bonds is 3. The summed E-state index contributed by atoms with van der Waals surface area (Å²) < 4.78 is 6.71. The molecule has 2 N–H and O–H groups in total. The van der Waals surface area contributed by atoms with Crippen LogP contribution in [0.3, 0.4) is 0 Å². The maximum atomic E-state index is 11.4. The number of thiophene rings is 1. The van der Waals surface area contributed by atoms with Gasteiger partial charge in [0.05, 0.1) is 10.6 Å². The van der Waals surface area contributed by atoms with Crippen molar-refractivity contribution in [3.05, 3.63) is 39.7 Å². The highest BCUT2D eigenvalue weighted by molar-refractivity contribution is 9.10. The summed E-state index contributed by atoms with van der Waals surface area (Å²) in [5, 5.41) is 15.0. The fraction of sp³-hybridized carbons (Fsp3) is 0.0714. The van der Waals surface area contributed by atoms with Gasteiger partial charge in [-0.05, 0) is 24.3 Å². The van der Waals surface area contributed by atoms with Gasteiger partial charge in [-0.15, -0.1) is 11.3 Å². The molecule has 2 heterocycles. The molecule has 0 aliphatic rings. The summed E-state index contributed by atoms with van der Waals surface area (Å²) in [6.45, 7) is 0. The van der Waals surface area contributed by atoms with Crippen LogP contribution in [0.1, 0.15) is 10.4 Å². The van der Waals surface area contributed by atoms with Crippen LogP contribution in [0.4, 0.5) is 5.69 Å². The van der Waals surface area contributed by atoms with Crippen molar-refractivity contribution in [1.82, 2.24) is 0 Å². The van der Waals surface area contributed by atoms with E-state index in [9.17, 15) is 9.90 Å². The molecule has 3 aromatic rings. The first kappa shape index (κ1) is 13.2. The standard InChI is InChI=1S/C14H10BrNO3S/c1-16-9-6-20-13(12(9)14(17)18)11-5-7-4-8(15)2-3-10(7)19-11/h2-6,16H,1H3,(H,17,18). The normalized spacial score (nSPS) is 10.9. The smallest absolute Gasteiger partial charge is 0.339 e. The monoisotopic (exact) mass is 351 g/mol. The van der Waals surface area contributed by atoms with Gasteiger partial charge in [0, 0.05) is 22.3 Å². The molecule has 4 nitrogen and oxygen atoms in total. The number of benzene rings is 1. The predicted octanol–water partition coefficient (Wildman–Crippen LogP) is 4.66. The first-order chi connectivity index (χ1) is 9.60. The van der Waals surface area contributed by atoms with Crippen molar-refractivity contribution in [2.24, 2.45) is 0 Å². The van der Waals surface area contributed by atoms with Crippen LogP contribution in [0.25, 0.3) is 21.6 Å². The van der Waals surface area contributed by atoms with E-state index in [4.69, 9.17) is 4.42 Å². The highest BCUT2D eigenvalue weighted by atomic mass is 79.9. The zero-order valence-corrected chi connectivity index (χ0v) is 12.8. The fourth-order valence-electron chi connectivity index (χ4n) is 2.06. The van der Waals surface area contributed by atoms with Gasteiger partial charge in [0.15, 0.2) is 0 Å². The zero-order valence-electron chi connectivity index (χ0n) is 10.4. The summed E-state index contributed by atoms with van der Waals surface area (Å²) in [4.78, 5) is 12.0. The number of hydrogen-bond acceptors (Lipinski definition) is 4. The van der Waals surface area contributed by atoms with Crippen LogP contribution in [0, 0.1) is 0 Å². The van der Waals surface area contributed by atoms with Crippen molar-refractivity contribution in [3.63, 3.8) is 0 Å². The van der Waals surface area contributed by atoms with Crippen molar-refractivity contribution in [3.8, 4) is 10.6 Å². The van der Waals surface area contributed by atoms with Crippen LogP contribution >= 0.6 is 27.3 Å². The molecule has 0 fully saturated rings. The van der Waals surface area contributed by atoms with E-state index in [0.29, 0.717) is 16.3 Å². The second-order valence-electron chi connectivity index (χ2n) is 4.20. The Labute approximate surface area is 127 Å². The molecule has 0 aliphatic heterocycles. The Kier molecular flexibility index (Phi) is 3.27. The Morgan fingerprint density at radius 3 is 2.90 bits per heavy atom. The highest BCUT2D eigenvalue weighted by Crippen LogP contribution is 2.38. The number of fused-ring (bicyclic) bond motifs is 1. The number of anilines is 1. The fourth-order valence-corrected chi connectivity index (χ4v) is 3.44. The van der Waals surface area contributed by atoms with Crippen molar-refractivity contribution in [2.45, 2.75) is 0 Å². The molecule has 2 aromatic heterocycles. The molecular formula is C14H10BrNO3S. The lowest BCUT2D eigenvalue weighted by atomic mass is 10.2. The molecule has 0 amide bonds. The molecule has 0 spiro atoms. The number of carboxylic acid groups (broad SMARTS) is 1. The molecule has 1 aromatic carbocycles. The average molecular weight is 352 g/mol. The predicted molar refractivity (Wildman–Crippen MR) is 83.7 cm³/mol. The van der Waals surface area contributed by atoms with E-state index in [-0.39, 0.29) is 5.56 Å². The number of carbonyl (C=O) groups is 1. The molecule has 0 saturated heterocycles. The lowest BCUT2D eigenvalue weighted by Crippen LogP contribution is -2.00. The lowest BCUT2D eigenvalue weighted by Gasteiger charge is -1.99. The van der Waals surface area contributed by atoms with Crippen LogP contribution in [0.2, 0.25) is 0 Å². The quantitative estimate of drug-likeness (QED) is 0.719. The van der Waals surface area contributed by atoms with Gasteiger partial charge in [-0.2, -0.15) is 0 Å². The van der Waals surface area contributed by atoms with Crippen LogP contribution in [-0.2, 0) is 0 Å². The first-order valence-corrected chi connectivity index (χ1v) is 7.49. The largest absolute Gasteiger partial charge is 0.478 e. The Hall–Kier alpha value is -1.79. The molecule has 6 heteroatoms. The third-order valence-corrected chi connectivity index (χ3v) is 4.46. The van der Waals surface area contributed by atoms with E-state index in [0.717, 1.165) is 15.4 Å². The summed E-state index contributed by atoms with van der Waals surface area (Å²) in [6, 6.07) is 7.55.